The molecule has 1 atom stereocenters. The van der Waals surface area contributed by atoms with Crippen molar-refractivity contribution in [2.45, 2.75) is 12.5 Å². The fraction of sp³-hybridized carbons (Fsp3) is 0.263. The molecule has 0 bridgehead atoms. The molecule has 2 aromatic rings. The zero-order valence-electron chi connectivity index (χ0n) is 14.5. The molecule has 0 unspecified atom stereocenters. The average Bonchev–Trinajstić information content (AvgIpc) is 3.21. The van der Waals surface area contributed by atoms with Crippen LogP contribution in [-0.4, -0.2) is 36.8 Å². The van der Waals surface area contributed by atoms with Crippen LogP contribution in [0.3, 0.4) is 0 Å². The summed E-state index contributed by atoms with van der Waals surface area (Å²) >= 11 is 0. The van der Waals surface area contributed by atoms with Crippen LogP contribution in [-0.2, 0) is 10.3 Å². The molecule has 0 saturated carbocycles. The Bertz CT molecular complexity index is 919. The Morgan fingerprint density at radius 2 is 1.96 bits per heavy atom. The zero-order valence-corrected chi connectivity index (χ0v) is 14.5. The summed E-state index contributed by atoms with van der Waals surface area (Å²) in [5.74, 6) is 0.276. The lowest BCUT2D eigenvalue weighted by Gasteiger charge is -2.22. The van der Waals surface area contributed by atoms with E-state index in [4.69, 9.17) is 14.2 Å². The molecule has 2 aliphatic rings. The van der Waals surface area contributed by atoms with Gasteiger partial charge in [-0.25, -0.2) is 9.18 Å². The van der Waals surface area contributed by atoms with Crippen molar-refractivity contribution in [1.29, 1.82) is 0 Å². The molecule has 1 fully saturated rings. The lowest BCUT2D eigenvalue weighted by atomic mass is 9.91. The molecule has 140 valence electrons. The van der Waals surface area contributed by atoms with Gasteiger partial charge >= 0.3 is 6.03 Å². The molecular weight excluding hydrogens is 355 g/mol. The van der Waals surface area contributed by atoms with Gasteiger partial charge in [0.15, 0.2) is 23.1 Å². The summed E-state index contributed by atoms with van der Waals surface area (Å²) in [6.45, 7) is 1.73. The van der Waals surface area contributed by atoms with Crippen LogP contribution >= 0.6 is 0 Å². The van der Waals surface area contributed by atoms with Crippen LogP contribution in [0.5, 0.6) is 17.2 Å². The molecule has 0 spiro atoms. The van der Waals surface area contributed by atoms with Gasteiger partial charge in [0.2, 0.25) is 6.79 Å². The van der Waals surface area contributed by atoms with E-state index in [9.17, 15) is 14.0 Å². The smallest absolute Gasteiger partial charge is 0.325 e. The highest BCUT2D eigenvalue weighted by molar-refractivity contribution is 6.07. The van der Waals surface area contributed by atoms with Gasteiger partial charge in [0.05, 0.1) is 6.54 Å². The van der Waals surface area contributed by atoms with E-state index in [1.54, 1.807) is 37.3 Å². The average molecular weight is 372 g/mol. The van der Waals surface area contributed by atoms with Gasteiger partial charge in [0.1, 0.15) is 12.1 Å². The number of para-hydroxylation sites is 1. The van der Waals surface area contributed by atoms with Crippen molar-refractivity contribution in [1.82, 2.24) is 10.2 Å². The van der Waals surface area contributed by atoms with Gasteiger partial charge in [-0.2, -0.15) is 0 Å². The van der Waals surface area contributed by atoms with Crippen molar-refractivity contribution in [2.75, 3.05) is 19.9 Å². The number of hydrogen-bond donors (Lipinski definition) is 1. The highest BCUT2D eigenvalue weighted by Gasteiger charge is 2.49. The van der Waals surface area contributed by atoms with Crippen molar-refractivity contribution in [3.05, 3.63) is 53.8 Å². The second-order valence-corrected chi connectivity index (χ2v) is 6.36. The first-order valence-electron chi connectivity index (χ1n) is 8.40. The van der Waals surface area contributed by atoms with E-state index < -0.39 is 23.3 Å². The largest absolute Gasteiger partial charge is 0.489 e. The quantitative estimate of drug-likeness (QED) is 0.816. The van der Waals surface area contributed by atoms with E-state index in [2.05, 4.69) is 5.32 Å². The van der Waals surface area contributed by atoms with E-state index in [0.29, 0.717) is 17.1 Å². The minimum atomic E-state index is -1.23. The second-order valence-electron chi connectivity index (χ2n) is 6.36. The predicted molar refractivity (Wildman–Crippen MR) is 92.1 cm³/mol. The van der Waals surface area contributed by atoms with Crippen molar-refractivity contribution in [2.24, 2.45) is 0 Å². The molecular formula is C19H17FN2O5. The Morgan fingerprint density at radius 1 is 1.19 bits per heavy atom. The molecule has 2 heterocycles. The monoisotopic (exact) mass is 372 g/mol. The predicted octanol–water partition coefficient (Wildman–Crippen LogP) is 2.40. The van der Waals surface area contributed by atoms with Gasteiger partial charge < -0.3 is 19.5 Å². The van der Waals surface area contributed by atoms with Crippen LogP contribution in [0.15, 0.2) is 42.5 Å². The van der Waals surface area contributed by atoms with E-state index in [1.165, 1.54) is 12.1 Å². The van der Waals surface area contributed by atoms with Gasteiger partial charge in [0.25, 0.3) is 5.91 Å². The Hall–Kier alpha value is -3.29. The van der Waals surface area contributed by atoms with E-state index >= 15 is 0 Å². The van der Waals surface area contributed by atoms with E-state index in [0.717, 1.165) is 4.90 Å². The molecule has 1 N–H and O–H groups in total. The summed E-state index contributed by atoms with van der Waals surface area (Å²) in [6, 6.07) is 10.5. The number of amides is 3. The van der Waals surface area contributed by atoms with Crippen LogP contribution in [0.2, 0.25) is 0 Å². The topological polar surface area (TPSA) is 77.1 Å². The van der Waals surface area contributed by atoms with Gasteiger partial charge in [-0.05, 0) is 36.8 Å². The number of halogens is 1. The number of carbonyl (C=O) groups is 2. The van der Waals surface area contributed by atoms with E-state index in [1.807, 2.05) is 0 Å². The molecule has 2 aromatic carbocycles. The first-order chi connectivity index (χ1) is 13.0. The maximum atomic E-state index is 13.6. The SMILES string of the molecule is C[C@]1(c2ccc3c(c2)OCO3)NC(=O)N(CCOc2ccccc2F)C1=O. The first-order valence-corrected chi connectivity index (χ1v) is 8.40. The summed E-state index contributed by atoms with van der Waals surface area (Å²) in [4.78, 5) is 26.3. The van der Waals surface area contributed by atoms with E-state index in [-0.39, 0.29) is 25.7 Å². The highest BCUT2D eigenvalue weighted by atomic mass is 19.1. The van der Waals surface area contributed by atoms with Crippen LogP contribution in [0.1, 0.15) is 12.5 Å². The first kappa shape index (κ1) is 17.1. The fourth-order valence-corrected chi connectivity index (χ4v) is 3.11. The lowest BCUT2D eigenvalue weighted by Crippen LogP contribution is -2.41. The van der Waals surface area contributed by atoms with Gasteiger partial charge in [-0.15, -0.1) is 0 Å². The normalized spacial score (nSPS) is 20.7. The Balaban J connectivity index is 1.47. The standard InChI is InChI=1S/C19H17FN2O5/c1-19(12-6-7-15-16(10-12)27-11-26-15)17(23)22(18(24)21-19)8-9-25-14-5-3-2-4-13(14)20/h2-7,10H,8-9,11H2,1H3,(H,21,24)/t19-/m1/s1. The number of urea groups is 1. The molecule has 0 aromatic heterocycles. The van der Waals surface area contributed by atoms with Crippen LogP contribution < -0.4 is 19.5 Å². The number of hydrogen-bond acceptors (Lipinski definition) is 5. The number of carbonyl (C=O) groups excluding carboxylic acids is 2. The summed E-state index contributed by atoms with van der Waals surface area (Å²) in [7, 11) is 0. The number of fused-ring (bicyclic) bond motifs is 1. The van der Waals surface area contributed by atoms with Gasteiger partial charge in [0, 0.05) is 0 Å². The molecule has 0 aliphatic carbocycles. The Labute approximate surface area is 154 Å². The second kappa shape index (κ2) is 6.46. The molecule has 2 aliphatic heterocycles. The third kappa shape index (κ3) is 2.92. The molecule has 1 saturated heterocycles. The maximum Gasteiger partial charge on any atom is 0.325 e. The molecule has 27 heavy (non-hydrogen) atoms. The zero-order chi connectivity index (χ0) is 19.0. The van der Waals surface area contributed by atoms with Crippen molar-refractivity contribution < 1.29 is 28.2 Å². The minimum Gasteiger partial charge on any atom is -0.489 e. The molecule has 8 heteroatoms. The number of imide groups is 1. The fourth-order valence-electron chi connectivity index (χ4n) is 3.11. The van der Waals surface area contributed by atoms with Gasteiger partial charge in [-0.1, -0.05) is 18.2 Å². The van der Waals surface area contributed by atoms with Crippen molar-refractivity contribution in [3.63, 3.8) is 0 Å². The molecule has 7 nitrogen and oxygen atoms in total. The number of nitrogens with zero attached hydrogens (tertiary/aromatic N) is 1. The Morgan fingerprint density at radius 3 is 2.78 bits per heavy atom. The van der Waals surface area contributed by atoms with Crippen molar-refractivity contribution >= 4 is 11.9 Å². The van der Waals surface area contributed by atoms with Gasteiger partial charge in [-0.3, -0.25) is 9.69 Å². The number of rotatable bonds is 5. The number of benzene rings is 2. The molecule has 4 rings (SSSR count). The Kier molecular flexibility index (Phi) is 4.10. The third-order valence-corrected chi connectivity index (χ3v) is 4.63. The summed E-state index contributed by atoms with van der Waals surface area (Å²) in [5.41, 5.74) is -0.640. The van der Waals surface area contributed by atoms with Crippen LogP contribution in [0.25, 0.3) is 0 Å². The van der Waals surface area contributed by atoms with Crippen LogP contribution in [0.4, 0.5) is 9.18 Å². The highest BCUT2D eigenvalue weighted by Crippen LogP contribution is 2.37. The molecule has 3 amide bonds. The van der Waals surface area contributed by atoms with Crippen molar-refractivity contribution in [3.8, 4) is 17.2 Å². The lowest BCUT2D eigenvalue weighted by molar-refractivity contribution is -0.131. The maximum absolute atomic E-state index is 13.6. The van der Waals surface area contributed by atoms with Crippen LogP contribution in [0, 0.1) is 5.82 Å². The number of ether oxygens (including phenoxy) is 3. The molecule has 0 radical (unpaired) electrons. The minimum absolute atomic E-state index is 0.000850. The number of nitrogens with one attached hydrogen (secondary N) is 1. The summed E-state index contributed by atoms with van der Waals surface area (Å²) < 4.78 is 29.5. The summed E-state index contributed by atoms with van der Waals surface area (Å²) in [6.07, 6.45) is 0. The summed E-state index contributed by atoms with van der Waals surface area (Å²) in [5, 5.41) is 2.71. The third-order valence-electron chi connectivity index (χ3n) is 4.63.